The van der Waals surface area contributed by atoms with E-state index in [0.717, 1.165) is 31.6 Å². The molecule has 2 atom stereocenters. The molecule has 148 valence electrons. The van der Waals surface area contributed by atoms with E-state index in [2.05, 4.69) is 10.6 Å². The van der Waals surface area contributed by atoms with Gasteiger partial charge in [0.25, 0.3) is 0 Å². The van der Waals surface area contributed by atoms with Crippen LogP contribution in [0, 0.1) is 11.8 Å². The Kier molecular flexibility index (Phi) is 5.74. The molecule has 2 aliphatic heterocycles. The van der Waals surface area contributed by atoms with Crippen LogP contribution in [0.1, 0.15) is 36.9 Å². The zero-order chi connectivity index (χ0) is 19.6. The van der Waals surface area contributed by atoms with Crippen molar-refractivity contribution in [3.05, 3.63) is 35.4 Å². The van der Waals surface area contributed by atoms with Gasteiger partial charge in [-0.3, -0.25) is 9.59 Å². The maximum absolute atomic E-state index is 13.1. The fourth-order valence-electron chi connectivity index (χ4n) is 3.47. The molecule has 0 aliphatic carbocycles. The molecule has 2 amide bonds. The number of hydrogen-bond donors (Lipinski definition) is 2. The summed E-state index contributed by atoms with van der Waals surface area (Å²) in [7, 11) is 0. The Labute approximate surface area is 156 Å². The first-order chi connectivity index (χ1) is 12.8. The minimum Gasteiger partial charge on any atom is -0.347 e. The fourth-order valence-corrected chi connectivity index (χ4v) is 3.47. The topological polar surface area (TPSA) is 61.4 Å². The number of hydrogen-bond acceptors (Lipinski definition) is 3. The van der Waals surface area contributed by atoms with Crippen LogP contribution in [-0.2, 0) is 15.8 Å². The molecule has 8 heteroatoms. The third kappa shape index (κ3) is 4.61. The second kappa shape index (κ2) is 7.88. The normalized spacial score (nSPS) is 20.3. The largest absolute Gasteiger partial charge is 0.416 e. The van der Waals surface area contributed by atoms with Crippen molar-refractivity contribution in [2.75, 3.05) is 26.2 Å². The van der Waals surface area contributed by atoms with Crippen molar-refractivity contribution in [1.29, 1.82) is 0 Å². The van der Waals surface area contributed by atoms with Gasteiger partial charge in [0.2, 0.25) is 11.8 Å². The molecule has 5 nitrogen and oxygen atoms in total. The van der Waals surface area contributed by atoms with E-state index < -0.39 is 17.8 Å². The highest BCUT2D eigenvalue weighted by molar-refractivity contribution is 5.80. The molecule has 27 heavy (non-hydrogen) atoms. The Morgan fingerprint density at radius 1 is 1.37 bits per heavy atom. The zero-order valence-electron chi connectivity index (χ0n) is 15.2. The van der Waals surface area contributed by atoms with Gasteiger partial charge in [0.1, 0.15) is 0 Å². The summed E-state index contributed by atoms with van der Waals surface area (Å²) in [5.41, 5.74) is -0.403. The van der Waals surface area contributed by atoms with Crippen LogP contribution >= 0.6 is 0 Å². The highest BCUT2D eigenvalue weighted by Gasteiger charge is 2.34. The number of rotatable bonds is 6. The van der Waals surface area contributed by atoms with Crippen LogP contribution < -0.4 is 10.6 Å². The third-order valence-corrected chi connectivity index (χ3v) is 5.44. The molecule has 1 aromatic carbocycles. The first kappa shape index (κ1) is 19.7. The molecular formula is C19H24F3N3O2. The van der Waals surface area contributed by atoms with E-state index in [9.17, 15) is 22.8 Å². The van der Waals surface area contributed by atoms with Gasteiger partial charge in [-0.15, -0.1) is 0 Å². The van der Waals surface area contributed by atoms with Gasteiger partial charge in [0.15, 0.2) is 0 Å². The number of nitrogens with zero attached hydrogens (tertiary/aromatic N) is 1. The monoisotopic (exact) mass is 383 g/mol. The number of amides is 2. The summed E-state index contributed by atoms with van der Waals surface area (Å²) in [6.45, 7) is 4.08. The van der Waals surface area contributed by atoms with Crippen molar-refractivity contribution in [3.63, 3.8) is 0 Å². The molecular weight excluding hydrogens is 359 g/mol. The lowest BCUT2D eigenvalue weighted by atomic mass is 9.88. The first-order valence-corrected chi connectivity index (χ1v) is 9.21. The van der Waals surface area contributed by atoms with Crippen LogP contribution in [0.5, 0.6) is 0 Å². The van der Waals surface area contributed by atoms with Gasteiger partial charge in [-0.2, -0.15) is 13.2 Å². The van der Waals surface area contributed by atoms with Gasteiger partial charge in [-0.05, 0) is 43.1 Å². The Morgan fingerprint density at radius 3 is 2.67 bits per heavy atom. The number of alkyl halides is 3. The molecule has 3 rings (SSSR count). The highest BCUT2D eigenvalue weighted by atomic mass is 19.4. The van der Waals surface area contributed by atoms with Crippen LogP contribution in [0.2, 0.25) is 0 Å². The Bertz CT molecular complexity index is 704. The fraction of sp³-hybridized carbons (Fsp3) is 0.579. The number of nitrogens with one attached hydrogen (secondary N) is 2. The van der Waals surface area contributed by atoms with Crippen molar-refractivity contribution in [3.8, 4) is 0 Å². The molecule has 2 unspecified atom stereocenters. The standard InChI is InChI=1S/C19H24F3N3O2/c1-12(14-9-23-10-14)18(27)24-16(11-25-7-3-6-17(25)26)13-4-2-5-15(8-13)19(20,21)22/h2,4-5,8,12,14,16,23H,3,6-7,9-11H2,1H3,(H,24,27). The Balaban J connectivity index is 1.80. The van der Waals surface area contributed by atoms with Crippen molar-refractivity contribution < 1.29 is 22.8 Å². The van der Waals surface area contributed by atoms with Crippen LogP contribution in [0.25, 0.3) is 0 Å². The quantitative estimate of drug-likeness (QED) is 0.793. The lowest BCUT2D eigenvalue weighted by molar-refractivity contribution is -0.137. The number of carbonyl (C=O) groups is 2. The molecule has 2 N–H and O–H groups in total. The number of halogens is 3. The summed E-state index contributed by atoms with van der Waals surface area (Å²) in [6, 6.07) is 4.29. The average Bonchev–Trinajstić information content (AvgIpc) is 2.97. The van der Waals surface area contributed by atoms with Crippen LogP contribution in [0.3, 0.4) is 0 Å². The van der Waals surface area contributed by atoms with E-state index in [1.54, 1.807) is 11.0 Å². The van der Waals surface area contributed by atoms with Crippen molar-refractivity contribution in [1.82, 2.24) is 15.5 Å². The van der Waals surface area contributed by atoms with Crippen molar-refractivity contribution >= 4 is 11.8 Å². The summed E-state index contributed by atoms with van der Waals surface area (Å²) in [5, 5.41) is 5.99. The minimum atomic E-state index is -4.46. The van der Waals surface area contributed by atoms with Crippen LogP contribution in [-0.4, -0.2) is 42.9 Å². The predicted molar refractivity (Wildman–Crippen MR) is 93.7 cm³/mol. The van der Waals surface area contributed by atoms with Gasteiger partial charge >= 0.3 is 6.18 Å². The van der Waals surface area contributed by atoms with E-state index in [1.807, 2.05) is 6.92 Å². The van der Waals surface area contributed by atoms with Gasteiger partial charge in [0, 0.05) is 25.4 Å². The van der Waals surface area contributed by atoms with E-state index in [-0.39, 0.29) is 30.2 Å². The van der Waals surface area contributed by atoms with Gasteiger partial charge in [-0.25, -0.2) is 0 Å². The number of benzene rings is 1. The average molecular weight is 383 g/mol. The SMILES string of the molecule is CC(C(=O)NC(CN1CCCC1=O)c1cccc(C(F)(F)F)c1)C1CNC1. The van der Waals surface area contributed by atoms with E-state index in [0.29, 0.717) is 18.5 Å². The summed E-state index contributed by atoms with van der Waals surface area (Å²) in [4.78, 5) is 26.2. The smallest absolute Gasteiger partial charge is 0.347 e. The predicted octanol–water partition coefficient (Wildman–Crippen LogP) is 2.34. The molecule has 2 heterocycles. The lowest BCUT2D eigenvalue weighted by Gasteiger charge is -2.33. The second-order valence-electron chi connectivity index (χ2n) is 7.33. The van der Waals surface area contributed by atoms with Gasteiger partial charge in [0.05, 0.1) is 11.6 Å². The highest BCUT2D eigenvalue weighted by Crippen LogP contribution is 2.31. The third-order valence-electron chi connectivity index (χ3n) is 5.44. The summed E-state index contributed by atoms with van der Waals surface area (Å²) in [5.74, 6) is -0.248. The van der Waals surface area contributed by atoms with Crippen molar-refractivity contribution in [2.24, 2.45) is 11.8 Å². The zero-order valence-corrected chi connectivity index (χ0v) is 15.2. The van der Waals surface area contributed by atoms with E-state index >= 15 is 0 Å². The van der Waals surface area contributed by atoms with Crippen molar-refractivity contribution in [2.45, 2.75) is 32.0 Å². The summed E-state index contributed by atoms with van der Waals surface area (Å²) in [6.07, 6.45) is -3.29. The van der Waals surface area contributed by atoms with Crippen LogP contribution in [0.4, 0.5) is 13.2 Å². The molecule has 2 aliphatic rings. The Morgan fingerprint density at radius 2 is 2.11 bits per heavy atom. The number of likely N-dealkylation sites (tertiary alicyclic amines) is 1. The molecule has 2 fully saturated rings. The minimum absolute atomic E-state index is 0.0301. The maximum atomic E-state index is 13.1. The van der Waals surface area contributed by atoms with Crippen LogP contribution in [0.15, 0.2) is 24.3 Å². The summed E-state index contributed by atoms with van der Waals surface area (Å²) >= 11 is 0. The Hall–Kier alpha value is -2.09. The molecule has 2 saturated heterocycles. The molecule has 0 radical (unpaired) electrons. The number of carbonyl (C=O) groups excluding carboxylic acids is 2. The molecule has 0 bridgehead atoms. The maximum Gasteiger partial charge on any atom is 0.416 e. The molecule has 0 aromatic heterocycles. The molecule has 1 aromatic rings. The second-order valence-corrected chi connectivity index (χ2v) is 7.33. The van der Waals surface area contributed by atoms with E-state index in [1.165, 1.54) is 6.07 Å². The lowest BCUT2D eigenvalue weighted by Crippen LogP contribution is -2.50. The van der Waals surface area contributed by atoms with Gasteiger partial charge in [-0.1, -0.05) is 19.1 Å². The summed E-state index contributed by atoms with van der Waals surface area (Å²) < 4.78 is 39.3. The van der Waals surface area contributed by atoms with Gasteiger partial charge < -0.3 is 15.5 Å². The molecule has 0 spiro atoms. The van der Waals surface area contributed by atoms with E-state index in [4.69, 9.17) is 0 Å². The molecule has 0 saturated carbocycles. The first-order valence-electron chi connectivity index (χ1n) is 9.21.